The maximum Gasteiger partial charge on any atom is 0.0647 e. The van der Waals surface area contributed by atoms with Gasteiger partial charge in [-0.05, 0) is 23.6 Å². The lowest BCUT2D eigenvalue weighted by atomic mass is 10.0. The van der Waals surface area contributed by atoms with E-state index in [9.17, 15) is 5.11 Å². The van der Waals surface area contributed by atoms with Crippen molar-refractivity contribution >= 4 is 5.69 Å². The Morgan fingerprint density at radius 3 is 2.65 bits per heavy atom. The molecule has 3 nitrogen and oxygen atoms in total. The Kier molecular flexibility index (Phi) is 4.02. The van der Waals surface area contributed by atoms with Crippen LogP contribution < -0.4 is 10.2 Å². The summed E-state index contributed by atoms with van der Waals surface area (Å²) in [5, 5.41) is 12.7. The smallest absolute Gasteiger partial charge is 0.0647 e. The topological polar surface area (TPSA) is 35.5 Å². The number of hydrogen-bond donors (Lipinski definition) is 2. The second-order valence-electron chi connectivity index (χ2n) is 4.98. The number of benzene rings is 1. The van der Waals surface area contributed by atoms with E-state index in [0.717, 1.165) is 19.6 Å². The lowest BCUT2D eigenvalue weighted by Crippen LogP contribution is -2.53. The van der Waals surface area contributed by atoms with E-state index in [4.69, 9.17) is 0 Å². The normalized spacial score (nSPS) is 20.9. The van der Waals surface area contributed by atoms with Crippen molar-refractivity contribution in [3.8, 4) is 0 Å². The predicted molar refractivity (Wildman–Crippen MR) is 71.6 cm³/mol. The third-order valence-electron chi connectivity index (χ3n) is 3.45. The van der Waals surface area contributed by atoms with E-state index < -0.39 is 0 Å². The first-order valence-electron chi connectivity index (χ1n) is 6.40. The van der Waals surface area contributed by atoms with Crippen molar-refractivity contribution in [1.29, 1.82) is 0 Å². The summed E-state index contributed by atoms with van der Waals surface area (Å²) in [6.45, 7) is 7.43. The Morgan fingerprint density at radius 1 is 1.35 bits per heavy atom. The van der Waals surface area contributed by atoms with Crippen LogP contribution in [0.4, 0.5) is 5.69 Å². The first kappa shape index (κ1) is 12.4. The molecule has 3 heteroatoms. The van der Waals surface area contributed by atoms with Gasteiger partial charge < -0.3 is 15.3 Å². The molecule has 0 amide bonds. The van der Waals surface area contributed by atoms with Crippen LogP contribution in [-0.4, -0.2) is 37.4 Å². The van der Waals surface area contributed by atoms with Gasteiger partial charge in [-0.15, -0.1) is 0 Å². The molecule has 0 unspecified atom stereocenters. The largest absolute Gasteiger partial charge is 0.394 e. The fraction of sp³-hybridized carbons (Fsp3) is 0.571. The fourth-order valence-electron chi connectivity index (χ4n) is 2.31. The monoisotopic (exact) mass is 234 g/mol. The molecule has 1 saturated heterocycles. The zero-order valence-electron chi connectivity index (χ0n) is 10.7. The van der Waals surface area contributed by atoms with Crippen LogP contribution in [0, 0.1) is 0 Å². The summed E-state index contributed by atoms with van der Waals surface area (Å²) in [5.74, 6) is 0.570. The summed E-state index contributed by atoms with van der Waals surface area (Å²) in [6.07, 6.45) is 0. The molecule has 0 radical (unpaired) electrons. The molecule has 1 aliphatic heterocycles. The number of nitrogens with zero attached hydrogens (tertiary/aromatic N) is 1. The van der Waals surface area contributed by atoms with Crippen LogP contribution in [0.3, 0.4) is 0 Å². The number of aliphatic hydroxyl groups excluding tert-OH is 1. The van der Waals surface area contributed by atoms with Crippen molar-refractivity contribution in [1.82, 2.24) is 5.32 Å². The van der Waals surface area contributed by atoms with Gasteiger partial charge in [-0.1, -0.05) is 26.0 Å². The van der Waals surface area contributed by atoms with Gasteiger partial charge in [0.25, 0.3) is 0 Å². The van der Waals surface area contributed by atoms with E-state index in [1.165, 1.54) is 11.3 Å². The van der Waals surface area contributed by atoms with E-state index in [-0.39, 0.29) is 12.6 Å². The number of rotatable bonds is 3. The minimum Gasteiger partial charge on any atom is -0.394 e. The minimum absolute atomic E-state index is 0.202. The molecule has 1 atom stereocenters. The van der Waals surface area contributed by atoms with E-state index in [2.05, 4.69) is 48.3 Å². The van der Waals surface area contributed by atoms with Crippen LogP contribution in [0.25, 0.3) is 0 Å². The van der Waals surface area contributed by atoms with Gasteiger partial charge in [-0.25, -0.2) is 0 Å². The van der Waals surface area contributed by atoms with Crippen LogP contribution in [0.1, 0.15) is 25.3 Å². The highest BCUT2D eigenvalue weighted by atomic mass is 16.3. The summed E-state index contributed by atoms with van der Waals surface area (Å²) in [4.78, 5) is 2.29. The number of piperazine rings is 1. The summed E-state index contributed by atoms with van der Waals surface area (Å²) in [5.41, 5.74) is 2.58. The van der Waals surface area contributed by atoms with Crippen molar-refractivity contribution in [3.63, 3.8) is 0 Å². The van der Waals surface area contributed by atoms with Crippen molar-refractivity contribution < 1.29 is 5.11 Å². The lowest BCUT2D eigenvalue weighted by molar-refractivity contribution is 0.246. The molecule has 17 heavy (non-hydrogen) atoms. The quantitative estimate of drug-likeness (QED) is 0.833. The third-order valence-corrected chi connectivity index (χ3v) is 3.45. The van der Waals surface area contributed by atoms with Gasteiger partial charge >= 0.3 is 0 Å². The molecule has 1 aromatic carbocycles. The fourth-order valence-corrected chi connectivity index (χ4v) is 2.31. The number of hydrogen-bond acceptors (Lipinski definition) is 3. The first-order chi connectivity index (χ1) is 8.22. The minimum atomic E-state index is 0.202. The Labute approximate surface area is 103 Å². The van der Waals surface area contributed by atoms with Gasteiger partial charge in [0.1, 0.15) is 0 Å². The standard InChI is InChI=1S/C14H22N2O/c1-11(2)12-3-5-13(6-4-12)16-8-7-15-9-14(16)10-17/h3-6,11,14-15,17H,7-10H2,1-2H3/t14-/m1/s1. The zero-order valence-corrected chi connectivity index (χ0v) is 10.7. The molecule has 0 spiro atoms. The van der Waals surface area contributed by atoms with Gasteiger partial charge in [-0.2, -0.15) is 0 Å². The maximum absolute atomic E-state index is 9.38. The third kappa shape index (κ3) is 2.79. The number of aliphatic hydroxyl groups is 1. The molecular weight excluding hydrogens is 212 g/mol. The highest BCUT2D eigenvalue weighted by Crippen LogP contribution is 2.22. The van der Waals surface area contributed by atoms with Gasteiger partial charge in [0.15, 0.2) is 0 Å². The second-order valence-corrected chi connectivity index (χ2v) is 4.98. The van der Waals surface area contributed by atoms with Gasteiger partial charge in [0.2, 0.25) is 0 Å². The Morgan fingerprint density at radius 2 is 2.06 bits per heavy atom. The molecule has 0 bridgehead atoms. The Hall–Kier alpha value is -1.06. The van der Waals surface area contributed by atoms with Crippen LogP contribution >= 0.6 is 0 Å². The van der Waals surface area contributed by atoms with Crippen LogP contribution in [-0.2, 0) is 0 Å². The molecular formula is C14H22N2O. The van der Waals surface area contributed by atoms with E-state index in [1.807, 2.05) is 0 Å². The average Bonchev–Trinajstić information content (AvgIpc) is 2.39. The average molecular weight is 234 g/mol. The van der Waals surface area contributed by atoms with Gasteiger partial charge in [0.05, 0.1) is 12.6 Å². The molecule has 1 aliphatic rings. The lowest BCUT2D eigenvalue weighted by Gasteiger charge is -2.37. The summed E-state index contributed by atoms with van der Waals surface area (Å²) < 4.78 is 0. The Bertz CT molecular complexity index is 348. The predicted octanol–water partition coefficient (Wildman–Crippen LogP) is 1.58. The Balaban J connectivity index is 2.15. The van der Waals surface area contributed by atoms with E-state index >= 15 is 0 Å². The van der Waals surface area contributed by atoms with Crippen LogP contribution in [0.5, 0.6) is 0 Å². The van der Waals surface area contributed by atoms with Crippen molar-refractivity contribution in [2.24, 2.45) is 0 Å². The van der Waals surface area contributed by atoms with Crippen LogP contribution in [0.2, 0.25) is 0 Å². The summed E-state index contributed by atoms with van der Waals surface area (Å²) in [6, 6.07) is 8.92. The maximum atomic E-state index is 9.38. The molecule has 0 aliphatic carbocycles. The van der Waals surface area contributed by atoms with Gasteiger partial charge in [-0.3, -0.25) is 0 Å². The van der Waals surface area contributed by atoms with Crippen LogP contribution in [0.15, 0.2) is 24.3 Å². The van der Waals surface area contributed by atoms with Crippen molar-refractivity contribution in [2.75, 3.05) is 31.1 Å². The molecule has 0 saturated carbocycles. The van der Waals surface area contributed by atoms with Crippen molar-refractivity contribution in [3.05, 3.63) is 29.8 Å². The van der Waals surface area contributed by atoms with E-state index in [1.54, 1.807) is 0 Å². The SMILES string of the molecule is CC(C)c1ccc(N2CCNC[C@@H]2CO)cc1. The molecule has 1 heterocycles. The number of nitrogens with one attached hydrogen (secondary N) is 1. The van der Waals surface area contributed by atoms with Crippen molar-refractivity contribution in [2.45, 2.75) is 25.8 Å². The van der Waals surface area contributed by atoms with E-state index in [0.29, 0.717) is 5.92 Å². The molecule has 1 aromatic rings. The molecule has 1 fully saturated rings. The molecule has 0 aromatic heterocycles. The first-order valence-corrected chi connectivity index (χ1v) is 6.40. The summed E-state index contributed by atoms with van der Waals surface area (Å²) in [7, 11) is 0. The number of anilines is 1. The highest BCUT2D eigenvalue weighted by Gasteiger charge is 2.21. The summed E-state index contributed by atoms with van der Waals surface area (Å²) >= 11 is 0. The molecule has 94 valence electrons. The zero-order chi connectivity index (χ0) is 12.3. The van der Waals surface area contributed by atoms with Gasteiger partial charge in [0, 0.05) is 25.3 Å². The molecule has 2 rings (SSSR count). The molecule has 2 N–H and O–H groups in total. The second kappa shape index (κ2) is 5.52. The highest BCUT2D eigenvalue weighted by molar-refractivity contribution is 5.49.